The highest BCUT2D eigenvalue weighted by Gasteiger charge is 2.38. The van der Waals surface area contributed by atoms with E-state index in [9.17, 15) is 4.79 Å². The zero-order chi connectivity index (χ0) is 24.2. The molecule has 0 fully saturated rings. The molecule has 1 heterocycles. The van der Waals surface area contributed by atoms with Crippen LogP contribution in [0.25, 0.3) is 0 Å². The summed E-state index contributed by atoms with van der Waals surface area (Å²) < 4.78 is 21.8. The molecule has 7 nitrogen and oxygen atoms in total. The Bertz CT molecular complexity index is 1140. The van der Waals surface area contributed by atoms with Gasteiger partial charge in [0.1, 0.15) is 6.17 Å². The van der Waals surface area contributed by atoms with Crippen LogP contribution in [-0.2, 0) is 9.53 Å². The third-order valence-electron chi connectivity index (χ3n) is 6.11. The number of ether oxygens (including phenoxy) is 4. The number of hydrogen-bond donors (Lipinski definition) is 1. The zero-order valence-electron chi connectivity index (χ0n) is 20.1. The second kappa shape index (κ2) is 10.1. The Balaban J connectivity index is 1.93. The first-order chi connectivity index (χ1) is 16.5. The molecule has 2 unspecified atom stereocenters. The van der Waals surface area contributed by atoms with E-state index >= 15 is 0 Å². The van der Waals surface area contributed by atoms with Gasteiger partial charge in [0.25, 0.3) is 0 Å². The monoisotopic (exact) mass is 462 g/mol. The third kappa shape index (κ3) is 4.39. The van der Waals surface area contributed by atoms with Gasteiger partial charge in [-0.3, -0.25) is 9.69 Å². The van der Waals surface area contributed by atoms with Crippen molar-refractivity contribution >= 4 is 11.7 Å². The van der Waals surface area contributed by atoms with Crippen molar-refractivity contribution in [2.75, 3.05) is 40.3 Å². The van der Waals surface area contributed by atoms with E-state index in [-0.39, 0.29) is 24.7 Å². The predicted molar refractivity (Wildman–Crippen MR) is 131 cm³/mol. The van der Waals surface area contributed by atoms with Crippen LogP contribution in [0.1, 0.15) is 34.5 Å². The van der Waals surface area contributed by atoms with E-state index in [0.717, 1.165) is 27.9 Å². The first-order valence-corrected chi connectivity index (χ1v) is 11.0. The highest BCUT2D eigenvalue weighted by Crippen LogP contribution is 2.47. The number of carbonyl (C=O) groups is 1. The maximum absolute atomic E-state index is 12.6. The van der Waals surface area contributed by atoms with Gasteiger partial charge in [-0.1, -0.05) is 48.0 Å². The van der Waals surface area contributed by atoms with Gasteiger partial charge >= 0.3 is 5.97 Å². The molecule has 0 aliphatic carbocycles. The number of aryl methyl sites for hydroxylation is 1. The van der Waals surface area contributed by atoms with Crippen LogP contribution < -0.4 is 19.5 Å². The Kier molecular flexibility index (Phi) is 6.93. The minimum absolute atomic E-state index is 0.0811. The number of fused-ring (bicyclic) bond motifs is 1. The molecule has 0 saturated carbocycles. The summed E-state index contributed by atoms with van der Waals surface area (Å²) in [5.41, 5.74) is 5.19. The molecule has 1 N–H and O–H groups in total. The van der Waals surface area contributed by atoms with E-state index in [0.29, 0.717) is 17.2 Å². The molecule has 0 bridgehead atoms. The topological polar surface area (TPSA) is 69.3 Å². The summed E-state index contributed by atoms with van der Waals surface area (Å²) in [5.74, 6) is 1.28. The Morgan fingerprint density at radius 3 is 2.15 bits per heavy atom. The van der Waals surface area contributed by atoms with Crippen LogP contribution in [0, 0.1) is 6.92 Å². The van der Waals surface area contributed by atoms with E-state index < -0.39 is 0 Å². The van der Waals surface area contributed by atoms with E-state index in [4.69, 9.17) is 18.9 Å². The number of rotatable bonds is 7. The standard InChI is InChI=1S/C27H30N2O5/c1-17-11-12-21-20(13-17)25(18-9-7-6-8-10-18)29(16-24(30)33-4)27(28-21)19-14-22(31-2)26(34-5)23(15-19)32-3/h6-15,25,27-28H,16H2,1-5H3. The van der Waals surface area contributed by atoms with Crippen LogP contribution in [0.5, 0.6) is 17.2 Å². The predicted octanol–water partition coefficient (Wildman–Crippen LogP) is 4.71. The second-order valence-electron chi connectivity index (χ2n) is 8.16. The van der Waals surface area contributed by atoms with E-state index in [1.54, 1.807) is 21.3 Å². The van der Waals surface area contributed by atoms with Gasteiger partial charge < -0.3 is 24.3 Å². The molecule has 0 saturated heterocycles. The molecule has 1 aliphatic heterocycles. The summed E-state index contributed by atoms with van der Waals surface area (Å²) >= 11 is 0. The second-order valence-corrected chi connectivity index (χ2v) is 8.16. The van der Waals surface area contributed by atoms with Crippen molar-refractivity contribution < 1.29 is 23.7 Å². The lowest BCUT2D eigenvalue weighted by molar-refractivity contribution is -0.143. The molecule has 0 aromatic heterocycles. The quantitative estimate of drug-likeness (QED) is 0.510. The van der Waals surface area contributed by atoms with Crippen molar-refractivity contribution in [3.63, 3.8) is 0 Å². The summed E-state index contributed by atoms with van der Waals surface area (Å²) in [6.07, 6.45) is -0.367. The van der Waals surface area contributed by atoms with Crippen molar-refractivity contribution in [2.24, 2.45) is 0 Å². The van der Waals surface area contributed by atoms with Crippen molar-refractivity contribution in [1.82, 2.24) is 4.90 Å². The zero-order valence-corrected chi connectivity index (χ0v) is 20.1. The number of nitrogens with zero attached hydrogens (tertiary/aromatic N) is 1. The van der Waals surface area contributed by atoms with Gasteiger partial charge in [-0.05, 0) is 41.8 Å². The first-order valence-electron chi connectivity index (χ1n) is 11.0. The maximum atomic E-state index is 12.6. The molecule has 1 aliphatic rings. The fraction of sp³-hybridized carbons (Fsp3) is 0.296. The first kappa shape index (κ1) is 23.4. The highest BCUT2D eigenvalue weighted by atomic mass is 16.5. The molecule has 4 rings (SSSR count). The lowest BCUT2D eigenvalue weighted by Crippen LogP contribution is -2.44. The molecule has 3 aromatic carbocycles. The average Bonchev–Trinajstić information content (AvgIpc) is 2.87. The number of hydrogen-bond acceptors (Lipinski definition) is 7. The molecule has 2 atom stereocenters. The fourth-order valence-electron chi connectivity index (χ4n) is 4.53. The molecule has 178 valence electrons. The van der Waals surface area contributed by atoms with Crippen LogP contribution in [0.2, 0.25) is 0 Å². The third-order valence-corrected chi connectivity index (χ3v) is 6.11. The van der Waals surface area contributed by atoms with Gasteiger partial charge in [0, 0.05) is 5.69 Å². The SMILES string of the molecule is COC(=O)CN1C(c2cc(OC)c(OC)c(OC)c2)Nc2ccc(C)cc2C1c1ccccc1. The molecule has 0 spiro atoms. The summed E-state index contributed by atoms with van der Waals surface area (Å²) in [6.45, 7) is 2.15. The lowest BCUT2D eigenvalue weighted by atomic mass is 9.90. The number of methoxy groups -OCH3 is 4. The molecule has 0 radical (unpaired) electrons. The fourth-order valence-corrected chi connectivity index (χ4v) is 4.53. The highest BCUT2D eigenvalue weighted by molar-refractivity contribution is 5.72. The van der Waals surface area contributed by atoms with Gasteiger partial charge in [0.15, 0.2) is 11.5 Å². The van der Waals surface area contributed by atoms with Crippen LogP contribution >= 0.6 is 0 Å². The van der Waals surface area contributed by atoms with Gasteiger partial charge in [0.2, 0.25) is 5.75 Å². The van der Waals surface area contributed by atoms with Crippen molar-refractivity contribution in [3.8, 4) is 17.2 Å². The lowest BCUT2D eigenvalue weighted by Gasteiger charge is -2.44. The van der Waals surface area contributed by atoms with Crippen LogP contribution in [0.3, 0.4) is 0 Å². The van der Waals surface area contributed by atoms with E-state index in [2.05, 4.69) is 47.5 Å². The van der Waals surface area contributed by atoms with Gasteiger partial charge in [0.05, 0.1) is 41.0 Å². The van der Waals surface area contributed by atoms with Crippen LogP contribution in [0.15, 0.2) is 60.7 Å². The van der Waals surface area contributed by atoms with Crippen molar-refractivity contribution in [2.45, 2.75) is 19.1 Å². The molecule has 34 heavy (non-hydrogen) atoms. The average molecular weight is 463 g/mol. The molecular weight excluding hydrogens is 432 g/mol. The summed E-state index contributed by atoms with van der Waals surface area (Å²) in [4.78, 5) is 14.7. The van der Waals surface area contributed by atoms with E-state index in [1.165, 1.54) is 7.11 Å². The molecule has 0 amide bonds. The largest absolute Gasteiger partial charge is 0.493 e. The smallest absolute Gasteiger partial charge is 0.319 e. The van der Waals surface area contributed by atoms with Crippen molar-refractivity contribution in [3.05, 3.63) is 82.9 Å². The Labute approximate surface area is 200 Å². The number of esters is 1. The van der Waals surface area contributed by atoms with Crippen LogP contribution in [0.4, 0.5) is 5.69 Å². The molecular formula is C27H30N2O5. The van der Waals surface area contributed by atoms with E-state index in [1.807, 2.05) is 30.3 Å². The Morgan fingerprint density at radius 1 is 0.882 bits per heavy atom. The number of carbonyl (C=O) groups excluding carboxylic acids is 1. The van der Waals surface area contributed by atoms with Crippen LogP contribution in [-0.4, -0.2) is 45.9 Å². The normalized spacial score (nSPS) is 17.3. The number of nitrogens with one attached hydrogen (secondary N) is 1. The molecule has 3 aromatic rings. The van der Waals surface area contributed by atoms with Gasteiger partial charge in [-0.25, -0.2) is 0 Å². The summed E-state index contributed by atoms with van der Waals surface area (Å²) in [6, 6.07) is 20.1. The minimum Gasteiger partial charge on any atom is -0.493 e. The number of benzene rings is 3. The summed E-state index contributed by atoms with van der Waals surface area (Å²) in [7, 11) is 6.16. The Morgan fingerprint density at radius 2 is 1.56 bits per heavy atom. The summed E-state index contributed by atoms with van der Waals surface area (Å²) in [5, 5.41) is 3.63. The maximum Gasteiger partial charge on any atom is 0.319 e. The van der Waals surface area contributed by atoms with Gasteiger partial charge in [-0.2, -0.15) is 0 Å². The minimum atomic E-state index is -0.367. The molecule has 7 heteroatoms. The number of anilines is 1. The van der Waals surface area contributed by atoms with Gasteiger partial charge in [-0.15, -0.1) is 0 Å². The van der Waals surface area contributed by atoms with Crippen molar-refractivity contribution in [1.29, 1.82) is 0 Å². The Hall–Kier alpha value is -3.71.